The van der Waals surface area contributed by atoms with Crippen LogP contribution in [0.3, 0.4) is 0 Å². The maximum absolute atomic E-state index is 11.4. The third-order valence-corrected chi connectivity index (χ3v) is 4.02. The van der Waals surface area contributed by atoms with Gasteiger partial charge < -0.3 is 38.1 Å². The maximum atomic E-state index is 11.4. The molecule has 0 unspecified atom stereocenters. The number of esters is 1. The molecule has 9 nitrogen and oxygen atoms in total. The molecule has 0 heterocycles. The second kappa shape index (κ2) is 25.5. The van der Waals surface area contributed by atoms with Crippen molar-refractivity contribution >= 4 is 5.97 Å². The molecule has 0 aromatic rings. The minimum absolute atomic E-state index is 0.150. The summed E-state index contributed by atoms with van der Waals surface area (Å²) < 4.78 is 37.5. The van der Waals surface area contributed by atoms with E-state index in [0.29, 0.717) is 85.7 Å². The Labute approximate surface area is 188 Å². The van der Waals surface area contributed by atoms with E-state index in [4.69, 9.17) is 33.2 Å². The van der Waals surface area contributed by atoms with Gasteiger partial charge in [-0.15, -0.1) is 0 Å². The van der Waals surface area contributed by atoms with E-state index < -0.39 is 0 Å². The Hall–Kier alpha value is -0.810. The van der Waals surface area contributed by atoms with Crippen LogP contribution in [0.1, 0.15) is 32.6 Å². The van der Waals surface area contributed by atoms with E-state index in [0.717, 1.165) is 32.4 Å². The molecule has 0 aromatic carbocycles. The van der Waals surface area contributed by atoms with Crippen LogP contribution in [0.25, 0.3) is 0 Å². The normalized spacial score (nSPS) is 11.4. The van der Waals surface area contributed by atoms with Gasteiger partial charge in [0.05, 0.1) is 79.3 Å². The number of hydrogen-bond acceptors (Lipinski definition) is 9. The number of ether oxygens (including phenoxy) is 7. The Balaban J connectivity index is 3.07. The molecule has 0 aliphatic rings. The van der Waals surface area contributed by atoms with Crippen molar-refractivity contribution in [3.05, 3.63) is 0 Å². The molecule has 0 saturated carbocycles. The molecular weight excluding hydrogens is 406 g/mol. The first-order valence-electron chi connectivity index (χ1n) is 11.4. The smallest absolute Gasteiger partial charge is 0.305 e. The van der Waals surface area contributed by atoms with Crippen LogP contribution < -0.4 is 0 Å². The average molecular weight is 452 g/mol. The first-order chi connectivity index (χ1) is 15.2. The summed E-state index contributed by atoms with van der Waals surface area (Å²) in [5.41, 5.74) is 0. The number of unbranched alkanes of at least 4 members (excludes halogenated alkanes) is 2. The Morgan fingerprint density at radius 2 is 0.968 bits per heavy atom. The number of nitrogens with zero attached hydrogens (tertiary/aromatic N) is 1. The fourth-order valence-corrected chi connectivity index (χ4v) is 2.25. The number of carbonyl (C=O) groups excluding carboxylic acids is 1. The van der Waals surface area contributed by atoms with E-state index >= 15 is 0 Å². The highest BCUT2D eigenvalue weighted by Gasteiger charge is 2.01. The van der Waals surface area contributed by atoms with E-state index in [1.807, 2.05) is 14.1 Å². The van der Waals surface area contributed by atoms with Gasteiger partial charge in [0.2, 0.25) is 0 Å². The van der Waals surface area contributed by atoms with Gasteiger partial charge in [0.15, 0.2) is 0 Å². The first kappa shape index (κ1) is 30.2. The van der Waals surface area contributed by atoms with E-state index in [1.165, 1.54) is 0 Å². The summed E-state index contributed by atoms with van der Waals surface area (Å²) in [5, 5.41) is 0. The van der Waals surface area contributed by atoms with Gasteiger partial charge in [-0.1, -0.05) is 19.8 Å². The summed E-state index contributed by atoms with van der Waals surface area (Å²) in [6.07, 6.45) is 3.53. The number of likely N-dealkylation sites (N-methyl/N-ethyl adjacent to an activating group) is 1. The van der Waals surface area contributed by atoms with Crippen LogP contribution in [-0.2, 0) is 38.0 Å². The van der Waals surface area contributed by atoms with Crippen molar-refractivity contribution in [2.75, 3.05) is 107 Å². The fraction of sp³-hybridized carbons (Fsp3) is 0.955. The summed E-state index contributed by atoms with van der Waals surface area (Å²) in [7, 11) is 4.04. The summed E-state index contributed by atoms with van der Waals surface area (Å²) in [4.78, 5) is 13.5. The molecule has 0 aliphatic heterocycles. The number of carbonyl (C=O) groups is 1. The molecule has 0 radical (unpaired) electrons. The molecule has 0 spiro atoms. The molecule has 0 saturated heterocycles. The molecule has 0 rings (SSSR count). The number of hydrogen-bond donors (Lipinski definition) is 0. The average Bonchev–Trinajstić information content (AvgIpc) is 2.74. The summed E-state index contributed by atoms with van der Waals surface area (Å²) in [6, 6.07) is 0. The lowest BCUT2D eigenvalue weighted by molar-refractivity contribution is -0.145. The minimum atomic E-state index is -0.150. The molecule has 0 amide bonds. The standard InChI is InChI=1S/C22H45NO8/c1-4-5-6-7-22(24)31-21-20-30-19-18-29-17-16-28-15-14-27-13-12-26-11-10-25-9-8-23(2)3/h4-21H2,1-3H3. The van der Waals surface area contributed by atoms with Gasteiger partial charge >= 0.3 is 5.97 Å². The predicted octanol–water partition coefficient (Wildman–Crippen LogP) is 1.77. The third kappa shape index (κ3) is 27.2. The predicted molar refractivity (Wildman–Crippen MR) is 119 cm³/mol. The molecule has 0 aliphatic carbocycles. The van der Waals surface area contributed by atoms with Crippen molar-refractivity contribution in [2.24, 2.45) is 0 Å². The fourth-order valence-electron chi connectivity index (χ4n) is 2.25. The second-order valence-corrected chi connectivity index (χ2v) is 7.16. The Morgan fingerprint density at radius 1 is 0.581 bits per heavy atom. The second-order valence-electron chi connectivity index (χ2n) is 7.16. The van der Waals surface area contributed by atoms with Gasteiger partial charge in [-0.25, -0.2) is 0 Å². The Morgan fingerprint density at radius 3 is 1.35 bits per heavy atom. The Bertz CT molecular complexity index is 371. The lowest BCUT2D eigenvalue weighted by atomic mass is 10.2. The minimum Gasteiger partial charge on any atom is -0.463 e. The molecule has 0 fully saturated rings. The van der Waals surface area contributed by atoms with Crippen LogP contribution in [0.4, 0.5) is 0 Å². The zero-order valence-electron chi connectivity index (χ0n) is 19.9. The lowest BCUT2D eigenvalue weighted by Crippen LogP contribution is -2.19. The van der Waals surface area contributed by atoms with Crippen molar-refractivity contribution in [1.82, 2.24) is 4.90 Å². The van der Waals surface area contributed by atoms with Gasteiger partial charge in [0, 0.05) is 13.0 Å². The zero-order chi connectivity index (χ0) is 22.8. The number of rotatable bonds is 25. The highest BCUT2D eigenvalue weighted by molar-refractivity contribution is 5.69. The van der Waals surface area contributed by atoms with E-state index in [-0.39, 0.29) is 5.97 Å². The van der Waals surface area contributed by atoms with Crippen LogP contribution in [-0.4, -0.2) is 117 Å². The largest absolute Gasteiger partial charge is 0.463 e. The zero-order valence-corrected chi connectivity index (χ0v) is 19.9. The van der Waals surface area contributed by atoms with Crippen molar-refractivity contribution in [1.29, 1.82) is 0 Å². The van der Waals surface area contributed by atoms with Crippen LogP contribution in [0.2, 0.25) is 0 Å². The van der Waals surface area contributed by atoms with Crippen molar-refractivity contribution in [3.63, 3.8) is 0 Å². The molecule has 0 aromatic heterocycles. The van der Waals surface area contributed by atoms with Crippen LogP contribution in [0.15, 0.2) is 0 Å². The third-order valence-electron chi connectivity index (χ3n) is 4.02. The maximum Gasteiger partial charge on any atom is 0.305 e. The van der Waals surface area contributed by atoms with E-state index in [9.17, 15) is 4.79 Å². The SMILES string of the molecule is CCCCCC(=O)OCCOCCOCCOCCOCCOCCOCCN(C)C. The van der Waals surface area contributed by atoms with Crippen LogP contribution >= 0.6 is 0 Å². The van der Waals surface area contributed by atoms with Crippen LogP contribution in [0, 0.1) is 0 Å². The molecule has 0 N–H and O–H groups in total. The summed E-state index contributed by atoms with van der Waals surface area (Å²) in [5.74, 6) is -0.150. The van der Waals surface area contributed by atoms with Gasteiger partial charge in [-0.05, 0) is 20.5 Å². The van der Waals surface area contributed by atoms with E-state index in [2.05, 4.69) is 11.8 Å². The summed E-state index contributed by atoms with van der Waals surface area (Å²) in [6.45, 7) is 9.75. The first-order valence-corrected chi connectivity index (χ1v) is 11.4. The Kier molecular flexibility index (Phi) is 24.8. The van der Waals surface area contributed by atoms with Gasteiger partial charge in [0.25, 0.3) is 0 Å². The molecular formula is C22H45NO8. The molecule has 9 heteroatoms. The van der Waals surface area contributed by atoms with Gasteiger partial charge in [-0.2, -0.15) is 0 Å². The van der Waals surface area contributed by atoms with Gasteiger partial charge in [0.1, 0.15) is 6.61 Å². The lowest BCUT2D eigenvalue weighted by Gasteiger charge is -2.10. The molecule has 0 atom stereocenters. The van der Waals surface area contributed by atoms with Crippen molar-refractivity contribution in [3.8, 4) is 0 Å². The van der Waals surface area contributed by atoms with Crippen molar-refractivity contribution < 1.29 is 38.0 Å². The highest BCUT2D eigenvalue weighted by Crippen LogP contribution is 2.00. The highest BCUT2D eigenvalue weighted by atomic mass is 16.6. The molecule has 186 valence electrons. The molecule has 31 heavy (non-hydrogen) atoms. The van der Waals surface area contributed by atoms with Crippen LogP contribution in [0.5, 0.6) is 0 Å². The van der Waals surface area contributed by atoms with Crippen molar-refractivity contribution in [2.45, 2.75) is 32.6 Å². The summed E-state index contributed by atoms with van der Waals surface area (Å²) >= 11 is 0. The monoisotopic (exact) mass is 451 g/mol. The topological polar surface area (TPSA) is 84.9 Å². The van der Waals surface area contributed by atoms with E-state index in [1.54, 1.807) is 0 Å². The molecule has 0 bridgehead atoms. The quantitative estimate of drug-likeness (QED) is 0.152. The van der Waals surface area contributed by atoms with Gasteiger partial charge in [-0.3, -0.25) is 4.79 Å².